The van der Waals surface area contributed by atoms with Crippen molar-refractivity contribution in [2.45, 2.75) is 18.4 Å². The number of aryl methyl sites for hydroxylation is 1. The summed E-state index contributed by atoms with van der Waals surface area (Å²) in [6.07, 6.45) is 2.77. The van der Waals surface area contributed by atoms with E-state index in [1.807, 2.05) is 11.6 Å². The van der Waals surface area contributed by atoms with Crippen molar-refractivity contribution in [3.63, 3.8) is 0 Å². The van der Waals surface area contributed by atoms with Crippen LogP contribution in [-0.4, -0.2) is 15.6 Å². The molecule has 0 aliphatic heterocycles. The lowest BCUT2D eigenvalue weighted by Gasteiger charge is -1.98. The van der Waals surface area contributed by atoms with Crippen molar-refractivity contribution in [3.05, 3.63) is 17.2 Å². The van der Waals surface area contributed by atoms with Gasteiger partial charge in [-0.05, 0) is 6.42 Å². The standard InChI is InChI=1S/C7H10ClN3/c1-11-3-10-7(8)6(11)4-2-5(4)9/h3-5H,2,9H2,1H3/t4-,5-/m1/s1. The molecular formula is C7H10ClN3. The molecule has 60 valence electrons. The minimum absolute atomic E-state index is 0.294. The second kappa shape index (κ2) is 2.22. The van der Waals surface area contributed by atoms with Gasteiger partial charge >= 0.3 is 0 Å². The Morgan fingerprint density at radius 2 is 2.45 bits per heavy atom. The largest absolute Gasteiger partial charge is 0.336 e. The van der Waals surface area contributed by atoms with E-state index in [-0.39, 0.29) is 0 Å². The van der Waals surface area contributed by atoms with E-state index in [9.17, 15) is 0 Å². The summed E-state index contributed by atoms with van der Waals surface area (Å²) in [6.45, 7) is 0. The fraction of sp³-hybridized carbons (Fsp3) is 0.571. The zero-order valence-electron chi connectivity index (χ0n) is 6.29. The smallest absolute Gasteiger partial charge is 0.150 e. The highest BCUT2D eigenvalue weighted by Gasteiger charge is 2.38. The Bertz CT molecular complexity index is 262. The van der Waals surface area contributed by atoms with Crippen molar-refractivity contribution in [2.24, 2.45) is 12.8 Å². The zero-order chi connectivity index (χ0) is 8.01. The van der Waals surface area contributed by atoms with Crippen molar-refractivity contribution >= 4 is 11.6 Å². The van der Waals surface area contributed by atoms with Gasteiger partial charge in [0, 0.05) is 19.0 Å². The first-order valence-corrected chi connectivity index (χ1v) is 4.00. The van der Waals surface area contributed by atoms with Gasteiger partial charge in [0.25, 0.3) is 0 Å². The molecule has 3 nitrogen and oxygen atoms in total. The molecule has 0 unspecified atom stereocenters. The molecule has 0 radical (unpaired) electrons. The maximum atomic E-state index is 5.86. The Kier molecular flexibility index (Phi) is 1.44. The summed E-state index contributed by atoms with van der Waals surface area (Å²) in [4.78, 5) is 3.98. The fourth-order valence-electron chi connectivity index (χ4n) is 1.35. The molecule has 1 aromatic heterocycles. The lowest BCUT2D eigenvalue weighted by Crippen LogP contribution is -2.04. The topological polar surface area (TPSA) is 43.8 Å². The summed E-state index contributed by atoms with van der Waals surface area (Å²) in [5.74, 6) is 0.440. The van der Waals surface area contributed by atoms with Gasteiger partial charge in [0.1, 0.15) is 0 Å². The highest BCUT2D eigenvalue weighted by molar-refractivity contribution is 6.30. The van der Waals surface area contributed by atoms with Crippen LogP contribution in [0.2, 0.25) is 5.15 Å². The highest BCUT2D eigenvalue weighted by atomic mass is 35.5. The van der Waals surface area contributed by atoms with Gasteiger partial charge in [-0.25, -0.2) is 4.98 Å². The fourth-order valence-corrected chi connectivity index (χ4v) is 1.67. The molecule has 11 heavy (non-hydrogen) atoms. The Balaban J connectivity index is 2.36. The van der Waals surface area contributed by atoms with Gasteiger partial charge < -0.3 is 10.3 Å². The van der Waals surface area contributed by atoms with Crippen molar-refractivity contribution in [3.8, 4) is 0 Å². The molecule has 0 amide bonds. The van der Waals surface area contributed by atoms with Crippen LogP contribution in [-0.2, 0) is 7.05 Å². The summed E-state index contributed by atoms with van der Waals surface area (Å²) in [5.41, 5.74) is 6.78. The van der Waals surface area contributed by atoms with Crippen LogP contribution >= 0.6 is 11.6 Å². The summed E-state index contributed by atoms with van der Waals surface area (Å²) in [6, 6.07) is 0.294. The molecule has 0 saturated heterocycles. The number of nitrogens with two attached hydrogens (primary N) is 1. The molecule has 0 aromatic carbocycles. The minimum atomic E-state index is 0.294. The molecule has 1 aliphatic rings. The lowest BCUT2D eigenvalue weighted by atomic mass is 10.3. The second-order valence-electron chi connectivity index (χ2n) is 3.04. The summed E-state index contributed by atoms with van der Waals surface area (Å²) in [7, 11) is 1.94. The summed E-state index contributed by atoms with van der Waals surface area (Å²) in [5, 5.41) is 0.602. The first kappa shape index (κ1) is 7.13. The number of hydrogen-bond acceptors (Lipinski definition) is 2. The maximum absolute atomic E-state index is 5.86. The van der Waals surface area contributed by atoms with Crippen LogP contribution in [0.5, 0.6) is 0 Å². The second-order valence-corrected chi connectivity index (χ2v) is 3.40. The van der Waals surface area contributed by atoms with Gasteiger partial charge in [-0.2, -0.15) is 0 Å². The molecule has 2 rings (SSSR count). The predicted octanol–water partition coefficient (Wildman–Crippen LogP) is 0.888. The average molecular weight is 172 g/mol. The zero-order valence-corrected chi connectivity index (χ0v) is 7.04. The average Bonchev–Trinajstić information content (AvgIpc) is 2.54. The molecule has 1 heterocycles. The van der Waals surface area contributed by atoms with E-state index in [1.54, 1.807) is 6.33 Å². The van der Waals surface area contributed by atoms with E-state index >= 15 is 0 Å². The quantitative estimate of drug-likeness (QED) is 0.682. The van der Waals surface area contributed by atoms with Gasteiger partial charge in [0.05, 0.1) is 12.0 Å². The number of hydrogen-bond donors (Lipinski definition) is 1. The van der Waals surface area contributed by atoms with Crippen molar-refractivity contribution in [1.29, 1.82) is 0 Å². The van der Waals surface area contributed by atoms with Crippen molar-refractivity contribution in [2.75, 3.05) is 0 Å². The van der Waals surface area contributed by atoms with Gasteiger partial charge in [0.2, 0.25) is 0 Å². The number of imidazole rings is 1. The maximum Gasteiger partial charge on any atom is 0.150 e. The van der Waals surface area contributed by atoms with Crippen molar-refractivity contribution in [1.82, 2.24) is 9.55 Å². The molecule has 2 N–H and O–H groups in total. The molecule has 1 fully saturated rings. The molecule has 0 spiro atoms. The molecule has 1 aliphatic carbocycles. The van der Waals surface area contributed by atoms with E-state index in [0.29, 0.717) is 17.1 Å². The summed E-state index contributed by atoms with van der Waals surface area (Å²) < 4.78 is 1.94. The Morgan fingerprint density at radius 3 is 2.82 bits per heavy atom. The molecule has 4 heteroatoms. The third kappa shape index (κ3) is 1.04. The van der Waals surface area contributed by atoms with Gasteiger partial charge in [-0.1, -0.05) is 11.6 Å². The Hall–Kier alpha value is -0.540. The van der Waals surface area contributed by atoms with Crippen LogP contribution in [0.3, 0.4) is 0 Å². The van der Waals surface area contributed by atoms with Crippen LogP contribution in [0.4, 0.5) is 0 Å². The first-order chi connectivity index (χ1) is 5.20. The van der Waals surface area contributed by atoms with Gasteiger partial charge in [-0.3, -0.25) is 0 Å². The molecule has 2 atom stereocenters. The number of aromatic nitrogens is 2. The van der Waals surface area contributed by atoms with Crippen LogP contribution in [0.25, 0.3) is 0 Å². The van der Waals surface area contributed by atoms with Gasteiger partial charge in [0.15, 0.2) is 5.15 Å². The molecule has 1 saturated carbocycles. The third-order valence-corrected chi connectivity index (χ3v) is 2.42. The summed E-state index contributed by atoms with van der Waals surface area (Å²) >= 11 is 5.86. The van der Waals surface area contributed by atoms with Crippen LogP contribution < -0.4 is 5.73 Å². The number of nitrogens with zero attached hydrogens (tertiary/aromatic N) is 2. The predicted molar refractivity (Wildman–Crippen MR) is 43.6 cm³/mol. The lowest BCUT2D eigenvalue weighted by molar-refractivity contribution is 0.810. The Labute approximate surface area is 70.2 Å². The number of rotatable bonds is 1. The first-order valence-electron chi connectivity index (χ1n) is 3.62. The minimum Gasteiger partial charge on any atom is -0.336 e. The molecule has 0 bridgehead atoms. The van der Waals surface area contributed by atoms with E-state index in [0.717, 1.165) is 12.1 Å². The monoisotopic (exact) mass is 171 g/mol. The Morgan fingerprint density at radius 1 is 1.82 bits per heavy atom. The van der Waals surface area contributed by atoms with Gasteiger partial charge in [-0.15, -0.1) is 0 Å². The molecule has 1 aromatic rings. The highest BCUT2D eigenvalue weighted by Crippen LogP contribution is 2.41. The number of halogens is 1. The van der Waals surface area contributed by atoms with Crippen LogP contribution in [0.15, 0.2) is 6.33 Å². The van der Waals surface area contributed by atoms with E-state index in [4.69, 9.17) is 17.3 Å². The van der Waals surface area contributed by atoms with E-state index < -0.39 is 0 Å². The van der Waals surface area contributed by atoms with Crippen LogP contribution in [0.1, 0.15) is 18.0 Å². The van der Waals surface area contributed by atoms with E-state index in [2.05, 4.69) is 4.98 Å². The van der Waals surface area contributed by atoms with Crippen molar-refractivity contribution < 1.29 is 0 Å². The third-order valence-electron chi connectivity index (χ3n) is 2.13. The SMILES string of the molecule is Cn1cnc(Cl)c1[C@@H]1C[C@H]1N. The van der Waals surface area contributed by atoms with E-state index in [1.165, 1.54) is 0 Å². The van der Waals surface area contributed by atoms with Crippen LogP contribution in [0, 0.1) is 0 Å². The normalized spacial score (nSPS) is 29.0. The molecular weight excluding hydrogens is 162 g/mol.